The number of amides is 2. The van der Waals surface area contributed by atoms with Crippen LogP contribution in [0.2, 0.25) is 0 Å². The van der Waals surface area contributed by atoms with Crippen LogP contribution in [0.1, 0.15) is 47.1 Å². The Bertz CT molecular complexity index is 453. The zero-order chi connectivity index (χ0) is 16.1. The Hall–Kier alpha value is -1.71. The van der Waals surface area contributed by atoms with Gasteiger partial charge in [0.25, 0.3) is 0 Å². The second-order valence-corrected chi connectivity index (χ2v) is 7.24. The van der Waals surface area contributed by atoms with Gasteiger partial charge in [0.15, 0.2) is 0 Å². The largest absolute Gasteiger partial charge is 0.488 e. The molecule has 0 saturated carbocycles. The van der Waals surface area contributed by atoms with Crippen LogP contribution >= 0.6 is 0 Å². The minimum Gasteiger partial charge on any atom is -0.488 e. The molecule has 1 aromatic carbocycles. The number of benzene rings is 1. The van der Waals surface area contributed by atoms with Crippen molar-refractivity contribution in [3.63, 3.8) is 0 Å². The van der Waals surface area contributed by atoms with Crippen LogP contribution in [0, 0.1) is 0 Å². The number of urea groups is 1. The number of hydrogen-bond acceptors (Lipinski definition) is 2. The molecule has 1 aromatic rings. The third-order valence-electron chi connectivity index (χ3n) is 2.54. The van der Waals surface area contributed by atoms with Crippen molar-refractivity contribution >= 4 is 6.03 Å². The lowest BCUT2D eigenvalue weighted by Gasteiger charge is -2.21. The molecular weight excluding hydrogens is 264 g/mol. The Kier molecular flexibility index (Phi) is 5.64. The van der Waals surface area contributed by atoms with Gasteiger partial charge in [-0.25, -0.2) is 4.79 Å². The number of carbonyl (C=O) groups is 1. The van der Waals surface area contributed by atoms with E-state index in [4.69, 9.17) is 4.74 Å². The Labute approximate surface area is 128 Å². The van der Waals surface area contributed by atoms with E-state index in [1.54, 1.807) is 0 Å². The quantitative estimate of drug-likeness (QED) is 0.892. The van der Waals surface area contributed by atoms with Crippen molar-refractivity contribution in [1.82, 2.24) is 10.6 Å². The minimum absolute atomic E-state index is 0.129. The molecular formula is C17H28N2O2. The van der Waals surface area contributed by atoms with Crippen molar-refractivity contribution in [2.75, 3.05) is 6.54 Å². The number of rotatable bonds is 4. The smallest absolute Gasteiger partial charge is 0.315 e. The summed E-state index contributed by atoms with van der Waals surface area (Å²) in [5.41, 5.74) is 0.775. The number of nitrogens with one attached hydrogen (secondary N) is 2. The third-order valence-corrected chi connectivity index (χ3v) is 2.54. The summed E-state index contributed by atoms with van der Waals surface area (Å²) in [5, 5.41) is 5.73. The van der Waals surface area contributed by atoms with E-state index in [2.05, 4.69) is 10.6 Å². The van der Waals surface area contributed by atoms with Gasteiger partial charge in [0.05, 0.1) is 0 Å². The predicted molar refractivity (Wildman–Crippen MR) is 86.8 cm³/mol. The Morgan fingerprint density at radius 3 is 2.10 bits per heavy atom. The summed E-state index contributed by atoms with van der Waals surface area (Å²) in [5.74, 6) is 0.865. The van der Waals surface area contributed by atoms with Crippen molar-refractivity contribution < 1.29 is 9.53 Å². The molecule has 0 spiro atoms. The standard InChI is InChI=1S/C17H28N2O2/c1-16(2,3)19-15(20)18-12-11-13-7-9-14(10-8-13)21-17(4,5)6/h7-10H,11-12H2,1-6H3,(H2,18,19,20). The summed E-state index contributed by atoms with van der Waals surface area (Å²) in [6.07, 6.45) is 0.799. The number of ether oxygens (including phenoxy) is 1. The first-order valence-electron chi connectivity index (χ1n) is 7.39. The van der Waals surface area contributed by atoms with Crippen molar-refractivity contribution in [1.29, 1.82) is 0 Å². The van der Waals surface area contributed by atoms with E-state index in [1.165, 1.54) is 5.56 Å². The second kappa shape index (κ2) is 6.83. The summed E-state index contributed by atoms with van der Waals surface area (Å²) in [6, 6.07) is 7.87. The van der Waals surface area contributed by atoms with Crippen molar-refractivity contribution in [3.05, 3.63) is 29.8 Å². The molecule has 0 atom stereocenters. The van der Waals surface area contributed by atoms with E-state index < -0.39 is 0 Å². The summed E-state index contributed by atoms with van der Waals surface area (Å²) in [7, 11) is 0. The lowest BCUT2D eigenvalue weighted by atomic mass is 10.1. The van der Waals surface area contributed by atoms with Crippen LogP contribution in [0.5, 0.6) is 5.75 Å². The molecule has 0 fully saturated rings. The zero-order valence-electron chi connectivity index (χ0n) is 14.0. The molecule has 21 heavy (non-hydrogen) atoms. The fourth-order valence-corrected chi connectivity index (χ4v) is 1.78. The predicted octanol–water partition coefficient (Wildman–Crippen LogP) is 3.50. The van der Waals surface area contributed by atoms with Crippen LogP contribution in [0.4, 0.5) is 4.79 Å². The summed E-state index contributed by atoms with van der Waals surface area (Å²) in [6.45, 7) is 12.6. The molecule has 4 heteroatoms. The molecule has 118 valence electrons. The average Bonchev–Trinajstić information content (AvgIpc) is 2.27. The van der Waals surface area contributed by atoms with Gasteiger partial charge in [0.1, 0.15) is 11.4 Å². The first kappa shape index (κ1) is 17.3. The maximum absolute atomic E-state index is 11.6. The molecule has 1 rings (SSSR count). The number of carbonyl (C=O) groups excluding carboxylic acids is 1. The van der Waals surface area contributed by atoms with Gasteiger partial charge in [0.2, 0.25) is 0 Å². The number of hydrogen-bond donors (Lipinski definition) is 2. The molecule has 2 N–H and O–H groups in total. The maximum Gasteiger partial charge on any atom is 0.315 e. The maximum atomic E-state index is 11.6. The highest BCUT2D eigenvalue weighted by Crippen LogP contribution is 2.18. The molecule has 0 aromatic heterocycles. The van der Waals surface area contributed by atoms with Gasteiger partial charge in [-0.3, -0.25) is 0 Å². The molecule has 0 bridgehead atoms. The topological polar surface area (TPSA) is 50.4 Å². The Morgan fingerprint density at radius 1 is 1.05 bits per heavy atom. The van der Waals surface area contributed by atoms with E-state index >= 15 is 0 Å². The van der Waals surface area contributed by atoms with Crippen LogP contribution in [0.25, 0.3) is 0 Å². The first-order valence-corrected chi connectivity index (χ1v) is 7.39. The molecule has 0 saturated heterocycles. The van der Waals surface area contributed by atoms with E-state index in [9.17, 15) is 4.79 Å². The highest BCUT2D eigenvalue weighted by molar-refractivity contribution is 5.74. The molecule has 0 heterocycles. The van der Waals surface area contributed by atoms with Gasteiger partial charge in [-0.05, 0) is 65.7 Å². The van der Waals surface area contributed by atoms with E-state index in [0.717, 1.165) is 12.2 Å². The summed E-state index contributed by atoms with van der Waals surface area (Å²) >= 11 is 0. The van der Waals surface area contributed by atoms with Gasteiger partial charge in [-0.1, -0.05) is 12.1 Å². The summed E-state index contributed by atoms with van der Waals surface area (Å²) < 4.78 is 5.77. The molecule has 0 aliphatic carbocycles. The first-order chi connectivity index (χ1) is 9.55. The molecule has 2 amide bonds. The molecule has 0 aliphatic heterocycles. The van der Waals surface area contributed by atoms with E-state index in [-0.39, 0.29) is 17.2 Å². The fourth-order valence-electron chi connectivity index (χ4n) is 1.78. The highest BCUT2D eigenvalue weighted by atomic mass is 16.5. The Balaban J connectivity index is 2.38. The Morgan fingerprint density at radius 2 is 1.62 bits per heavy atom. The van der Waals surface area contributed by atoms with Gasteiger partial charge in [-0.2, -0.15) is 0 Å². The van der Waals surface area contributed by atoms with E-state index in [0.29, 0.717) is 6.54 Å². The van der Waals surface area contributed by atoms with Crippen LogP contribution < -0.4 is 15.4 Å². The highest BCUT2D eigenvalue weighted by Gasteiger charge is 2.13. The average molecular weight is 292 g/mol. The molecule has 0 aliphatic rings. The second-order valence-electron chi connectivity index (χ2n) is 7.24. The van der Waals surface area contributed by atoms with Gasteiger partial charge in [0, 0.05) is 12.1 Å². The third kappa shape index (κ3) is 8.23. The van der Waals surface area contributed by atoms with Gasteiger partial charge in [-0.15, -0.1) is 0 Å². The monoisotopic (exact) mass is 292 g/mol. The molecule has 0 radical (unpaired) electrons. The van der Waals surface area contributed by atoms with E-state index in [1.807, 2.05) is 65.8 Å². The van der Waals surface area contributed by atoms with Crippen LogP contribution in [0.3, 0.4) is 0 Å². The summed E-state index contributed by atoms with van der Waals surface area (Å²) in [4.78, 5) is 11.6. The fraction of sp³-hybridized carbons (Fsp3) is 0.588. The molecule has 0 unspecified atom stereocenters. The van der Waals surface area contributed by atoms with Gasteiger partial charge < -0.3 is 15.4 Å². The van der Waals surface area contributed by atoms with Crippen LogP contribution in [0.15, 0.2) is 24.3 Å². The normalized spacial score (nSPS) is 11.9. The lowest BCUT2D eigenvalue weighted by molar-refractivity contribution is 0.131. The van der Waals surface area contributed by atoms with Crippen LogP contribution in [-0.4, -0.2) is 23.7 Å². The van der Waals surface area contributed by atoms with Crippen molar-refractivity contribution in [2.24, 2.45) is 0 Å². The zero-order valence-corrected chi connectivity index (χ0v) is 14.0. The van der Waals surface area contributed by atoms with Crippen molar-refractivity contribution in [2.45, 2.75) is 59.1 Å². The SMILES string of the molecule is CC(C)(C)NC(=O)NCCc1ccc(OC(C)(C)C)cc1. The molecule has 4 nitrogen and oxygen atoms in total. The van der Waals surface area contributed by atoms with Gasteiger partial charge >= 0.3 is 6.03 Å². The van der Waals surface area contributed by atoms with Crippen LogP contribution in [-0.2, 0) is 6.42 Å². The minimum atomic E-state index is -0.212. The van der Waals surface area contributed by atoms with Crippen molar-refractivity contribution in [3.8, 4) is 5.75 Å². The lowest BCUT2D eigenvalue weighted by Crippen LogP contribution is -2.46.